The van der Waals surface area contributed by atoms with Gasteiger partial charge in [0.15, 0.2) is 11.6 Å². The van der Waals surface area contributed by atoms with Crippen LogP contribution in [0, 0.1) is 11.6 Å². The van der Waals surface area contributed by atoms with Crippen LogP contribution in [-0.4, -0.2) is 17.3 Å². The summed E-state index contributed by atoms with van der Waals surface area (Å²) in [6.07, 6.45) is 1.36. The van der Waals surface area contributed by atoms with Gasteiger partial charge in [-0.1, -0.05) is 0 Å². The highest BCUT2D eigenvalue weighted by molar-refractivity contribution is 5.76. The zero-order chi connectivity index (χ0) is 11.7. The van der Waals surface area contributed by atoms with Gasteiger partial charge in [0.25, 0.3) is 0 Å². The maximum atomic E-state index is 13.4. The lowest BCUT2D eigenvalue weighted by Gasteiger charge is -2.08. The van der Waals surface area contributed by atoms with E-state index in [0.717, 1.165) is 12.1 Å². The number of hydrogen-bond donors (Lipinski definition) is 2. The number of anilines is 1. The van der Waals surface area contributed by atoms with Crippen molar-refractivity contribution < 1.29 is 13.5 Å². The van der Waals surface area contributed by atoms with Gasteiger partial charge >= 0.3 is 0 Å². The number of rotatable bonds is 2. The molecule has 1 aromatic carbocycles. The van der Waals surface area contributed by atoms with E-state index in [1.165, 1.54) is 13.3 Å². The van der Waals surface area contributed by atoms with E-state index in [-0.39, 0.29) is 11.3 Å². The summed E-state index contributed by atoms with van der Waals surface area (Å²) in [4.78, 5) is 0. The fourth-order valence-corrected chi connectivity index (χ4v) is 1.46. The molecule has 0 spiro atoms. The molecule has 0 radical (unpaired) electrons. The molecule has 0 atom stereocenters. The van der Waals surface area contributed by atoms with Crippen LogP contribution in [0.15, 0.2) is 18.3 Å². The Morgan fingerprint density at radius 3 is 2.69 bits per heavy atom. The van der Waals surface area contributed by atoms with Gasteiger partial charge in [-0.25, -0.2) is 8.78 Å². The average Bonchev–Trinajstić information content (AvgIpc) is 2.63. The van der Waals surface area contributed by atoms with Gasteiger partial charge in [-0.15, -0.1) is 0 Å². The van der Waals surface area contributed by atoms with Crippen molar-refractivity contribution in [2.45, 2.75) is 0 Å². The Hall–Kier alpha value is -2.11. The summed E-state index contributed by atoms with van der Waals surface area (Å²) in [5.41, 5.74) is 6.43. The molecular weight excluding hydrogens is 216 g/mol. The minimum absolute atomic E-state index is 0.0719. The molecule has 0 unspecified atom stereocenters. The minimum Gasteiger partial charge on any atom is -0.493 e. The highest BCUT2D eigenvalue weighted by atomic mass is 19.1. The van der Waals surface area contributed by atoms with Crippen molar-refractivity contribution in [3.63, 3.8) is 0 Å². The van der Waals surface area contributed by atoms with Gasteiger partial charge in [-0.05, 0) is 6.07 Å². The van der Waals surface area contributed by atoms with Crippen LogP contribution in [0.5, 0.6) is 5.75 Å². The molecule has 0 aliphatic heterocycles. The Bertz CT molecular complexity index is 525. The standard InChI is InChI=1S/C10H9F2N3O/c1-16-10-6(2-5(11)3-7(10)12)9-8(13)4-14-15-9/h2-4H,13H2,1H3,(H,14,15). The van der Waals surface area contributed by atoms with Gasteiger partial charge < -0.3 is 10.5 Å². The average molecular weight is 225 g/mol. The smallest absolute Gasteiger partial charge is 0.168 e. The Labute approximate surface area is 90.0 Å². The van der Waals surface area contributed by atoms with E-state index < -0.39 is 11.6 Å². The molecule has 1 heterocycles. The number of methoxy groups -OCH3 is 1. The molecule has 6 heteroatoms. The van der Waals surface area contributed by atoms with Crippen LogP contribution in [0.2, 0.25) is 0 Å². The molecule has 0 bridgehead atoms. The molecule has 0 amide bonds. The van der Waals surface area contributed by atoms with Crippen molar-refractivity contribution in [2.24, 2.45) is 0 Å². The van der Waals surface area contributed by atoms with Crippen LogP contribution in [0.3, 0.4) is 0 Å². The van der Waals surface area contributed by atoms with Gasteiger partial charge in [0.1, 0.15) is 5.82 Å². The third-order valence-electron chi connectivity index (χ3n) is 2.15. The number of ether oxygens (including phenoxy) is 1. The van der Waals surface area contributed by atoms with Crippen LogP contribution in [0.4, 0.5) is 14.5 Å². The maximum absolute atomic E-state index is 13.4. The third-order valence-corrected chi connectivity index (χ3v) is 2.15. The molecule has 2 rings (SSSR count). The lowest BCUT2D eigenvalue weighted by atomic mass is 10.1. The van der Waals surface area contributed by atoms with Gasteiger partial charge in [-0.2, -0.15) is 5.10 Å². The zero-order valence-corrected chi connectivity index (χ0v) is 8.42. The molecule has 0 saturated carbocycles. The van der Waals surface area contributed by atoms with Crippen LogP contribution < -0.4 is 10.5 Å². The summed E-state index contributed by atoms with van der Waals surface area (Å²) in [6, 6.07) is 1.88. The monoisotopic (exact) mass is 225 g/mol. The van der Waals surface area contributed by atoms with Gasteiger partial charge in [0.2, 0.25) is 0 Å². The van der Waals surface area contributed by atoms with Crippen molar-refractivity contribution >= 4 is 5.69 Å². The third kappa shape index (κ3) is 1.58. The lowest BCUT2D eigenvalue weighted by Crippen LogP contribution is -1.96. The largest absolute Gasteiger partial charge is 0.493 e. The summed E-state index contributed by atoms with van der Waals surface area (Å²) in [5.74, 6) is -1.56. The van der Waals surface area contributed by atoms with Crippen molar-refractivity contribution in [3.8, 4) is 17.0 Å². The minimum atomic E-state index is -0.786. The normalized spacial score (nSPS) is 10.4. The Morgan fingerprint density at radius 2 is 2.12 bits per heavy atom. The highest BCUT2D eigenvalue weighted by Gasteiger charge is 2.16. The van der Waals surface area contributed by atoms with Crippen LogP contribution in [0.1, 0.15) is 0 Å². The first-order valence-electron chi connectivity index (χ1n) is 4.45. The van der Waals surface area contributed by atoms with E-state index in [1.807, 2.05) is 0 Å². The second kappa shape index (κ2) is 3.80. The SMILES string of the molecule is COc1c(F)cc(F)cc1-c1[nH]ncc1N. The summed E-state index contributed by atoms with van der Waals surface area (Å²) in [7, 11) is 1.30. The summed E-state index contributed by atoms with van der Waals surface area (Å²) in [5, 5.41) is 6.24. The Morgan fingerprint density at radius 1 is 1.38 bits per heavy atom. The summed E-state index contributed by atoms with van der Waals surface area (Å²) < 4.78 is 31.4. The van der Waals surface area contributed by atoms with Crippen LogP contribution >= 0.6 is 0 Å². The summed E-state index contributed by atoms with van der Waals surface area (Å²) in [6.45, 7) is 0. The zero-order valence-electron chi connectivity index (χ0n) is 8.42. The van der Waals surface area contributed by atoms with Gasteiger partial charge in [-0.3, -0.25) is 5.10 Å². The quantitative estimate of drug-likeness (QED) is 0.820. The lowest BCUT2D eigenvalue weighted by molar-refractivity contribution is 0.386. The van der Waals surface area contributed by atoms with Crippen molar-refractivity contribution in [1.29, 1.82) is 0 Å². The number of aromatic amines is 1. The number of benzene rings is 1. The van der Waals surface area contributed by atoms with Crippen LogP contribution in [-0.2, 0) is 0 Å². The number of H-pyrrole nitrogens is 1. The molecule has 0 fully saturated rings. The number of nitrogen functional groups attached to an aromatic ring is 1. The molecule has 2 aromatic rings. The second-order valence-electron chi connectivity index (χ2n) is 3.17. The van der Waals surface area contributed by atoms with E-state index in [1.54, 1.807) is 0 Å². The molecule has 16 heavy (non-hydrogen) atoms. The Balaban J connectivity index is 2.68. The van der Waals surface area contributed by atoms with Crippen molar-refractivity contribution in [2.75, 3.05) is 12.8 Å². The van der Waals surface area contributed by atoms with Crippen molar-refractivity contribution in [1.82, 2.24) is 10.2 Å². The van der Waals surface area contributed by atoms with E-state index in [0.29, 0.717) is 11.4 Å². The molecule has 84 valence electrons. The number of nitrogens with zero attached hydrogens (tertiary/aromatic N) is 1. The van der Waals surface area contributed by atoms with Crippen molar-refractivity contribution in [3.05, 3.63) is 30.0 Å². The van der Waals surface area contributed by atoms with E-state index in [4.69, 9.17) is 10.5 Å². The molecule has 0 saturated heterocycles. The first-order chi connectivity index (χ1) is 7.63. The molecular formula is C10H9F2N3O. The number of halogens is 2. The van der Waals surface area contributed by atoms with Crippen LogP contribution in [0.25, 0.3) is 11.3 Å². The molecule has 3 N–H and O–H groups in total. The molecule has 0 aliphatic rings. The van der Waals surface area contributed by atoms with E-state index in [2.05, 4.69) is 10.2 Å². The molecule has 1 aromatic heterocycles. The van der Waals surface area contributed by atoms with Gasteiger partial charge in [0.05, 0.1) is 24.7 Å². The number of hydrogen-bond acceptors (Lipinski definition) is 3. The van der Waals surface area contributed by atoms with Gasteiger partial charge in [0, 0.05) is 11.6 Å². The number of nitrogens with two attached hydrogens (primary N) is 1. The predicted molar refractivity (Wildman–Crippen MR) is 54.9 cm³/mol. The molecule has 0 aliphatic carbocycles. The Kier molecular flexibility index (Phi) is 2.47. The fraction of sp³-hybridized carbons (Fsp3) is 0.100. The second-order valence-corrected chi connectivity index (χ2v) is 3.17. The number of nitrogens with one attached hydrogen (secondary N) is 1. The predicted octanol–water partition coefficient (Wildman–Crippen LogP) is 1.95. The van der Waals surface area contributed by atoms with E-state index >= 15 is 0 Å². The fourth-order valence-electron chi connectivity index (χ4n) is 1.46. The first kappa shape index (κ1) is 10.4. The first-order valence-corrected chi connectivity index (χ1v) is 4.45. The highest BCUT2D eigenvalue weighted by Crippen LogP contribution is 2.34. The molecule has 4 nitrogen and oxygen atoms in total. The van der Waals surface area contributed by atoms with E-state index in [9.17, 15) is 8.78 Å². The summed E-state index contributed by atoms with van der Waals surface area (Å²) >= 11 is 0. The topological polar surface area (TPSA) is 63.9 Å². The number of aromatic nitrogens is 2. The maximum Gasteiger partial charge on any atom is 0.168 e.